The quantitative estimate of drug-likeness (QED) is 0.452. The molecule has 31 heavy (non-hydrogen) atoms. The molecule has 0 fully saturated rings. The maximum absolute atomic E-state index is 13.6. The number of rotatable bonds is 4. The highest BCUT2D eigenvalue weighted by Crippen LogP contribution is 2.26. The van der Waals surface area contributed by atoms with Crippen LogP contribution in [0.25, 0.3) is 0 Å². The highest BCUT2D eigenvalue weighted by Gasteiger charge is 2.11. The van der Waals surface area contributed by atoms with Gasteiger partial charge in [0.2, 0.25) is 0 Å². The monoisotopic (exact) mass is 430 g/mol. The molecule has 0 atom stereocenters. The molecule has 0 N–H and O–H groups in total. The second-order valence-electron chi connectivity index (χ2n) is 9.02. The summed E-state index contributed by atoms with van der Waals surface area (Å²) in [6.45, 7) is 27.4. The highest BCUT2D eigenvalue weighted by atomic mass is 19.1. The molecule has 0 amide bonds. The summed E-state index contributed by atoms with van der Waals surface area (Å²) in [5.41, 5.74) is 7.24. The molecule has 0 radical (unpaired) electrons. The fourth-order valence-electron chi connectivity index (χ4n) is 2.78. The number of hydrogen-bond acceptors (Lipinski definition) is 0. The molecule has 0 heterocycles. The van der Waals surface area contributed by atoms with E-state index in [1.807, 2.05) is 20.8 Å². The minimum absolute atomic E-state index is 0.0695. The fourth-order valence-corrected chi connectivity index (χ4v) is 2.78. The van der Waals surface area contributed by atoms with Gasteiger partial charge in [0.15, 0.2) is 0 Å². The van der Waals surface area contributed by atoms with Crippen molar-refractivity contribution in [1.82, 2.24) is 0 Å². The van der Waals surface area contributed by atoms with Crippen molar-refractivity contribution in [1.29, 1.82) is 0 Å². The predicted molar refractivity (Wildman–Crippen MR) is 141 cm³/mol. The Hall–Kier alpha value is -1.63. The first kappa shape index (κ1) is 31.6. The number of aryl methyl sites for hydroxylation is 2. The van der Waals surface area contributed by atoms with Crippen LogP contribution in [0.5, 0.6) is 0 Å². The maximum atomic E-state index is 13.6. The zero-order chi connectivity index (χ0) is 24.7. The average molecular weight is 431 g/mol. The number of benzene rings is 2. The van der Waals surface area contributed by atoms with E-state index >= 15 is 0 Å². The summed E-state index contributed by atoms with van der Waals surface area (Å²) in [5.74, 6) is 1.36. The summed E-state index contributed by atoms with van der Waals surface area (Å²) >= 11 is 0. The van der Waals surface area contributed by atoms with Crippen LogP contribution < -0.4 is 0 Å². The van der Waals surface area contributed by atoms with Crippen LogP contribution in [-0.2, 0) is 0 Å². The van der Waals surface area contributed by atoms with Crippen molar-refractivity contribution >= 4 is 0 Å². The lowest BCUT2D eigenvalue weighted by Gasteiger charge is -2.14. The molecule has 0 aromatic heterocycles. The Bertz CT molecular complexity index is 721. The van der Waals surface area contributed by atoms with E-state index in [9.17, 15) is 4.39 Å². The first-order chi connectivity index (χ1) is 14.5. The molecule has 178 valence electrons. The third-order valence-electron chi connectivity index (χ3n) is 5.39. The van der Waals surface area contributed by atoms with Crippen molar-refractivity contribution in [3.8, 4) is 0 Å². The van der Waals surface area contributed by atoms with Crippen LogP contribution >= 0.6 is 0 Å². The van der Waals surface area contributed by atoms with Gasteiger partial charge in [-0.15, -0.1) is 0 Å². The zero-order valence-electron chi connectivity index (χ0n) is 22.9. The van der Waals surface area contributed by atoms with E-state index in [2.05, 4.69) is 93.5 Å². The van der Waals surface area contributed by atoms with Gasteiger partial charge in [-0.1, -0.05) is 106 Å². The molecule has 2 aromatic carbocycles. The number of hydrogen-bond donors (Lipinski definition) is 0. The van der Waals surface area contributed by atoms with Crippen LogP contribution in [0, 0.1) is 26.6 Å². The normalized spacial score (nSPS) is 10.1. The van der Waals surface area contributed by atoms with E-state index in [1.54, 1.807) is 6.07 Å². The van der Waals surface area contributed by atoms with Gasteiger partial charge >= 0.3 is 0 Å². The first-order valence-corrected chi connectivity index (χ1v) is 12.3. The molecule has 1 heteroatoms. The second kappa shape index (κ2) is 17.0. The minimum atomic E-state index is -0.0695. The lowest BCUT2D eigenvalue weighted by molar-refractivity contribution is 0.607. The van der Waals surface area contributed by atoms with E-state index < -0.39 is 0 Å². The van der Waals surface area contributed by atoms with Crippen LogP contribution in [0.1, 0.15) is 133 Å². The van der Waals surface area contributed by atoms with Gasteiger partial charge in [0.1, 0.15) is 5.82 Å². The molecule has 0 bridgehead atoms. The van der Waals surface area contributed by atoms with Gasteiger partial charge in [-0.25, -0.2) is 4.39 Å². The van der Waals surface area contributed by atoms with E-state index in [1.165, 1.54) is 29.5 Å². The summed E-state index contributed by atoms with van der Waals surface area (Å²) in [5, 5.41) is 0. The summed E-state index contributed by atoms with van der Waals surface area (Å²) in [6.07, 6.45) is 2.64. The smallest absolute Gasteiger partial charge is 0.126 e. The molecule has 0 saturated heterocycles. The van der Waals surface area contributed by atoms with Crippen molar-refractivity contribution in [2.24, 2.45) is 0 Å². The largest absolute Gasteiger partial charge is 0.207 e. The van der Waals surface area contributed by atoms with Gasteiger partial charge in [-0.05, 0) is 78.0 Å². The maximum Gasteiger partial charge on any atom is 0.126 e. The van der Waals surface area contributed by atoms with E-state index in [0.29, 0.717) is 17.8 Å². The van der Waals surface area contributed by atoms with Gasteiger partial charge in [0.25, 0.3) is 0 Å². The predicted octanol–water partition coefficient (Wildman–Crippen LogP) is 10.6. The summed E-state index contributed by atoms with van der Waals surface area (Å²) < 4.78 is 13.6. The third kappa shape index (κ3) is 12.1. The molecule has 2 aromatic rings. The lowest BCUT2D eigenvalue weighted by atomic mass is 9.92. The number of halogens is 1. The molecule has 0 aliphatic carbocycles. The van der Waals surface area contributed by atoms with Crippen molar-refractivity contribution in [3.63, 3.8) is 0 Å². The van der Waals surface area contributed by atoms with E-state index in [4.69, 9.17) is 0 Å². The number of unbranched alkanes of at least 4 members (excludes halogenated alkanes) is 1. The van der Waals surface area contributed by atoms with Gasteiger partial charge in [-0.2, -0.15) is 0 Å². The Morgan fingerprint density at radius 1 is 0.645 bits per heavy atom. The van der Waals surface area contributed by atoms with Gasteiger partial charge in [0.05, 0.1) is 0 Å². The Labute approximate surface area is 194 Å². The standard InChI is InChI=1S/C13H19F.C11H16.C4H10.C2H6/c1-8(2)11-6-12(9(3)4)10(5)13(14)7-11;1-8(2)11-6-5-9(3)10(4)7-11;1-3-4-2;1-2/h6-9H,1-5H3;5-8H,1-4H3;3-4H2,1-2H3;1-2H3. The zero-order valence-corrected chi connectivity index (χ0v) is 22.9. The Kier molecular flexibility index (Phi) is 17.3. The fraction of sp³-hybridized carbons (Fsp3) is 0.600. The van der Waals surface area contributed by atoms with Crippen LogP contribution in [0.15, 0.2) is 30.3 Å². The Morgan fingerprint density at radius 3 is 1.48 bits per heavy atom. The van der Waals surface area contributed by atoms with Crippen LogP contribution in [-0.4, -0.2) is 0 Å². The summed E-state index contributed by atoms with van der Waals surface area (Å²) in [4.78, 5) is 0. The van der Waals surface area contributed by atoms with Crippen molar-refractivity contribution in [3.05, 3.63) is 69.5 Å². The second-order valence-corrected chi connectivity index (χ2v) is 9.02. The molecule has 0 aliphatic rings. The van der Waals surface area contributed by atoms with Crippen molar-refractivity contribution in [2.45, 2.75) is 121 Å². The molecule has 0 saturated carbocycles. The average Bonchev–Trinajstić information content (AvgIpc) is 2.73. The van der Waals surface area contributed by atoms with Gasteiger partial charge in [0, 0.05) is 0 Å². The van der Waals surface area contributed by atoms with Gasteiger partial charge in [-0.3, -0.25) is 0 Å². The topological polar surface area (TPSA) is 0 Å². The molecular weight excluding hydrogens is 379 g/mol. The Balaban J connectivity index is 0. The van der Waals surface area contributed by atoms with Crippen LogP contribution in [0.4, 0.5) is 4.39 Å². The van der Waals surface area contributed by atoms with Crippen LogP contribution in [0.3, 0.4) is 0 Å². The molecule has 0 spiro atoms. The van der Waals surface area contributed by atoms with Crippen molar-refractivity contribution in [2.75, 3.05) is 0 Å². The third-order valence-corrected chi connectivity index (χ3v) is 5.39. The molecular formula is C30H51F. The Morgan fingerprint density at radius 2 is 1.13 bits per heavy atom. The first-order valence-electron chi connectivity index (χ1n) is 12.3. The minimum Gasteiger partial charge on any atom is -0.207 e. The summed E-state index contributed by atoms with van der Waals surface area (Å²) in [7, 11) is 0. The highest BCUT2D eigenvalue weighted by molar-refractivity contribution is 5.36. The molecule has 2 rings (SSSR count). The lowest BCUT2D eigenvalue weighted by Crippen LogP contribution is -1.99. The molecule has 0 nitrogen and oxygen atoms in total. The van der Waals surface area contributed by atoms with Crippen LogP contribution in [0.2, 0.25) is 0 Å². The van der Waals surface area contributed by atoms with E-state index in [-0.39, 0.29) is 5.82 Å². The van der Waals surface area contributed by atoms with Gasteiger partial charge < -0.3 is 0 Å². The molecule has 0 unspecified atom stereocenters. The summed E-state index contributed by atoms with van der Waals surface area (Å²) in [6, 6.07) is 10.5. The molecule has 0 aliphatic heterocycles. The van der Waals surface area contributed by atoms with E-state index in [0.717, 1.165) is 16.7 Å². The SMILES string of the molecule is CC.CCCC.Cc1c(F)cc(C(C)C)cc1C(C)C.Cc1ccc(C(C)C)cc1C. The van der Waals surface area contributed by atoms with Crippen molar-refractivity contribution < 1.29 is 4.39 Å².